The maximum absolute atomic E-state index is 12.3. The Bertz CT molecular complexity index is 713. The number of sulfone groups is 1. The minimum absolute atomic E-state index is 0.0104. The van der Waals surface area contributed by atoms with Crippen LogP contribution in [0, 0.1) is 11.8 Å². The van der Waals surface area contributed by atoms with Gasteiger partial charge in [0, 0.05) is 31.5 Å². The van der Waals surface area contributed by atoms with Gasteiger partial charge >= 0.3 is 0 Å². The molecule has 126 valence electrons. The molecule has 0 aliphatic carbocycles. The van der Waals surface area contributed by atoms with Crippen LogP contribution in [0.5, 0.6) is 0 Å². The molecule has 1 aromatic carbocycles. The Hall–Kier alpha value is -1.89. The van der Waals surface area contributed by atoms with Crippen LogP contribution in [0.4, 0.5) is 5.69 Å². The molecule has 6 nitrogen and oxygen atoms in total. The molecular weight excluding hydrogens is 316 g/mol. The highest BCUT2D eigenvalue weighted by Crippen LogP contribution is 2.22. The fourth-order valence-corrected chi connectivity index (χ4v) is 3.28. The maximum Gasteiger partial charge on any atom is 0.229 e. The fourth-order valence-electron chi connectivity index (χ4n) is 2.61. The Kier molecular flexibility index (Phi) is 5.09. The molecule has 1 N–H and O–H groups in total. The van der Waals surface area contributed by atoms with Crippen LogP contribution in [0.3, 0.4) is 0 Å². The van der Waals surface area contributed by atoms with Gasteiger partial charge in [-0.15, -0.1) is 0 Å². The number of benzene rings is 1. The highest BCUT2D eigenvalue weighted by molar-refractivity contribution is 7.90. The van der Waals surface area contributed by atoms with Crippen LogP contribution in [-0.4, -0.2) is 44.5 Å². The Morgan fingerprint density at radius 1 is 1.39 bits per heavy atom. The SMILES string of the molecule is CC(C)CN1CC(C(=O)Nc2cccc(S(C)(=O)=O)c2)CC1=O. The van der Waals surface area contributed by atoms with Gasteiger partial charge in [0.05, 0.1) is 10.8 Å². The standard InChI is InChI=1S/C16H22N2O4S/c1-11(2)9-18-10-12(7-15(18)19)16(20)17-13-5-4-6-14(8-13)23(3,21)22/h4-6,8,11-12H,7,9-10H2,1-3H3,(H,17,20). The van der Waals surface area contributed by atoms with E-state index in [4.69, 9.17) is 0 Å². The van der Waals surface area contributed by atoms with Crippen molar-refractivity contribution in [1.29, 1.82) is 0 Å². The molecular formula is C16H22N2O4S. The van der Waals surface area contributed by atoms with E-state index in [-0.39, 0.29) is 23.1 Å². The summed E-state index contributed by atoms with van der Waals surface area (Å²) >= 11 is 0. The average Bonchev–Trinajstić information content (AvgIpc) is 2.79. The van der Waals surface area contributed by atoms with E-state index >= 15 is 0 Å². The van der Waals surface area contributed by atoms with Crippen LogP contribution in [0.25, 0.3) is 0 Å². The largest absolute Gasteiger partial charge is 0.342 e. The molecule has 23 heavy (non-hydrogen) atoms. The molecule has 1 fully saturated rings. The van der Waals surface area contributed by atoms with Crippen molar-refractivity contribution < 1.29 is 18.0 Å². The Labute approximate surface area is 136 Å². The monoisotopic (exact) mass is 338 g/mol. The predicted octanol–water partition coefficient (Wildman–Crippen LogP) is 1.53. The molecule has 0 saturated carbocycles. The zero-order valence-electron chi connectivity index (χ0n) is 13.6. The summed E-state index contributed by atoms with van der Waals surface area (Å²) in [6.07, 6.45) is 1.32. The van der Waals surface area contributed by atoms with Crippen molar-refractivity contribution in [3.8, 4) is 0 Å². The van der Waals surface area contributed by atoms with Gasteiger partial charge in [-0.05, 0) is 24.1 Å². The molecule has 1 aliphatic rings. The van der Waals surface area contributed by atoms with E-state index in [1.165, 1.54) is 12.1 Å². The first kappa shape index (κ1) is 17.5. The Morgan fingerprint density at radius 3 is 2.70 bits per heavy atom. The molecule has 1 aliphatic heterocycles. The lowest BCUT2D eigenvalue weighted by molar-refractivity contribution is -0.128. The van der Waals surface area contributed by atoms with Crippen LogP contribution in [0.2, 0.25) is 0 Å². The number of carbonyl (C=O) groups is 2. The van der Waals surface area contributed by atoms with Crippen LogP contribution in [-0.2, 0) is 19.4 Å². The summed E-state index contributed by atoms with van der Waals surface area (Å²) in [6, 6.07) is 6.12. The molecule has 2 amide bonds. The fraction of sp³-hybridized carbons (Fsp3) is 0.500. The minimum Gasteiger partial charge on any atom is -0.342 e. The molecule has 1 saturated heterocycles. The summed E-state index contributed by atoms with van der Waals surface area (Å²) in [5.41, 5.74) is 0.424. The second-order valence-electron chi connectivity index (χ2n) is 6.38. The van der Waals surface area contributed by atoms with Crippen LogP contribution in [0.15, 0.2) is 29.2 Å². The van der Waals surface area contributed by atoms with E-state index in [1.54, 1.807) is 17.0 Å². The highest BCUT2D eigenvalue weighted by Gasteiger charge is 2.34. The number of rotatable bonds is 5. The second-order valence-corrected chi connectivity index (χ2v) is 8.40. The highest BCUT2D eigenvalue weighted by atomic mass is 32.2. The molecule has 1 aromatic rings. The minimum atomic E-state index is -3.32. The molecule has 0 bridgehead atoms. The zero-order chi connectivity index (χ0) is 17.2. The van der Waals surface area contributed by atoms with Gasteiger partial charge in [-0.2, -0.15) is 0 Å². The number of anilines is 1. The molecule has 1 heterocycles. The summed E-state index contributed by atoms with van der Waals surface area (Å²) in [6.45, 7) is 5.11. The summed E-state index contributed by atoms with van der Waals surface area (Å²) in [5.74, 6) is -0.311. The molecule has 0 spiro atoms. The smallest absolute Gasteiger partial charge is 0.229 e. The Balaban J connectivity index is 2.04. The molecule has 1 atom stereocenters. The number of likely N-dealkylation sites (tertiary alicyclic amines) is 1. The molecule has 7 heteroatoms. The first-order valence-corrected chi connectivity index (χ1v) is 9.44. The van der Waals surface area contributed by atoms with Crippen molar-refractivity contribution in [1.82, 2.24) is 4.90 Å². The van der Waals surface area contributed by atoms with E-state index in [9.17, 15) is 18.0 Å². The lowest BCUT2D eigenvalue weighted by Gasteiger charge is -2.18. The third-order valence-electron chi connectivity index (χ3n) is 3.70. The van der Waals surface area contributed by atoms with Crippen molar-refractivity contribution in [2.45, 2.75) is 25.2 Å². The number of nitrogens with zero attached hydrogens (tertiary/aromatic N) is 1. The second kappa shape index (κ2) is 6.70. The summed E-state index contributed by atoms with van der Waals surface area (Å²) < 4.78 is 23.1. The van der Waals surface area contributed by atoms with Gasteiger partial charge in [-0.3, -0.25) is 9.59 Å². The summed E-state index contributed by atoms with van der Waals surface area (Å²) in [7, 11) is -3.32. The average molecular weight is 338 g/mol. The van der Waals surface area contributed by atoms with Crippen LogP contribution < -0.4 is 5.32 Å². The lowest BCUT2D eigenvalue weighted by atomic mass is 10.1. The normalized spacial score (nSPS) is 18.5. The number of hydrogen-bond donors (Lipinski definition) is 1. The molecule has 0 radical (unpaired) electrons. The predicted molar refractivity (Wildman–Crippen MR) is 87.7 cm³/mol. The van der Waals surface area contributed by atoms with Gasteiger partial charge < -0.3 is 10.2 Å². The molecule has 0 aromatic heterocycles. The number of amides is 2. The third kappa shape index (κ3) is 4.54. The van der Waals surface area contributed by atoms with Crippen molar-refractivity contribution >= 4 is 27.3 Å². The topological polar surface area (TPSA) is 83.6 Å². The van der Waals surface area contributed by atoms with Crippen molar-refractivity contribution in [2.75, 3.05) is 24.7 Å². The number of carbonyl (C=O) groups excluding carboxylic acids is 2. The van der Waals surface area contributed by atoms with Gasteiger partial charge in [0.1, 0.15) is 0 Å². The molecule has 1 unspecified atom stereocenters. The summed E-state index contributed by atoms with van der Waals surface area (Å²) in [4.78, 5) is 26.1. The third-order valence-corrected chi connectivity index (χ3v) is 4.81. The van der Waals surface area contributed by atoms with Crippen molar-refractivity contribution in [3.63, 3.8) is 0 Å². The van der Waals surface area contributed by atoms with E-state index in [1.807, 2.05) is 13.8 Å². The van der Waals surface area contributed by atoms with Crippen LogP contribution in [0.1, 0.15) is 20.3 Å². The summed E-state index contributed by atoms with van der Waals surface area (Å²) in [5, 5.41) is 2.71. The maximum atomic E-state index is 12.3. The van der Waals surface area contributed by atoms with E-state index < -0.39 is 15.8 Å². The van der Waals surface area contributed by atoms with Gasteiger partial charge in [-0.25, -0.2) is 8.42 Å². The Morgan fingerprint density at radius 2 is 2.09 bits per heavy atom. The van der Waals surface area contributed by atoms with Crippen molar-refractivity contribution in [2.24, 2.45) is 11.8 Å². The molecule has 2 rings (SSSR count). The van der Waals surface area contributed by atoms with E-state index in [0.29, 0.717) is 24.7 Å². The zero-order valence-corrected chi connectivity index (χ0v) is 14.4. The lowest BCUT2D eigenvalue weighted by Crippen LogP contribution is -2.31. The number of hydrogen-bond acceptors (Lipinski definition) is 4. The van der Waals surface area contributed by atoms with Gasteiger partial charge in [0.15, 0.2) is 9.84 Å². The van der Waals surface area contributed by atoms with Crippen LogP contribution >= 0.6 is 0 Å². The van der Waals surface area contributed by atoms with Crippen molar-refractivity contribution in [3.05, 3.63) is 24.3 Å². The van der Waals surface area contributed by atoms with Gasteiger partial charge in [0.25, 0.3) is 0 Å². The quantitative estimate of drug-likeness (QED) is 0.882. The first-order valence-electron chi connectivity index (χ1n) is 7.55. The van der Waals surface area contributed by atoms with Gasteiger partial charge in [-0.1, -0.05) is 19.9 Å². The first-order chi connectivity index (χ1) is 10.7. The van der Waals surface area contributed by atoms with Gasteiger partial charge in [0.2, 0.25) is 11.8 Å². The van der Waals surface area contributed by atoms with E-state index in [0.717, 1.165) is 6.26 Å². The van der Waals surface area contributed by atoms with E-state index in [2.05, 4.69) is 5.32 Å². The number of nitrogens with one attached hydrogen (secondary N) is 1.